The second-order valence-corrected chi connectivity index (χ2v) is 2.96. The summed E-state index contributed by atoms with van der Waals surface area (Å²) < 4.78 is 25.0. The molecule has 1 rings (SSSR count). The van der Waals surface area contributed by atoms with E-state index in [4.69, 9.17) is 5.26 Å². The summed E-state index contributed by atoms with van der Waals surface area (Å²) in [7, 11) is 0. The lowest BCUT2D eigenvalue weighted by molar-refractivity contribution is 0.0368. The number of rotatable bonds is 3. The Morgan fingerprint density at radius 1 is 1.64 bits per heavy atom. The van der Waals surface area contributed by atoms with E-state index in [0.717, 1.165) is 6.92 Å². The van der Waals surface area contributed by atoms with Gasteiger partial charge in [-0.05, 0) is 6.07 Å². The van der Waals surface area contributed by atoms with Crippen LogP contribution in [0, 0.1) is 11.3 Å². The van der Waals surface area contributed by atoms with Gasteiger partial charge in [-0.2, -0.15) is 5.26 Å². The Bertz CT molecular complexity index is 352. The molecular formula is C9H9F2N3. The van der Waals surface area contributed by atoms with E-state index in [2.05, 4.69) is 10.3 Å². The predicted octanol–water partition coefficient (Wildman–Crippen LogP) is 2.02. The molecule has 0 aromatic carbocycles. The van der Waals surface area contributed by atoms with Crippen molar-refractivity contribution >= 4 is 5.69 Å². The number of alkyl halides is 2. The third kappa shape index (κ3) is 2.98. The number of halogens is 2. The molecule has 0 saturated carbocycles. The van der Waals surface area contributed by atoms with Gasteiger partial charge in [-0.3, -0.25) is 4.98 Å². The normalized spacial score (nSPS) is 10.7. The molecule has 0 radical (unpaired) electrons. The first-order valence-corrected chi connectivity index (χ1v) is 3.99. The molecule has 0 fully saturated rings. The Kier molecular flexibility index (Phi) is 2.97. The van der Waals surface area contributed by atoms with Gasteiger partial charge in [0.05, 0.1) is 17.8 Å². The van der Waals surface area contributed by atoms with Crippen molar-refractivity contribution < 1.29 is 8.78 Å². The Hall–Kier alpha value is -1.70. The highest BCUT2D eigenvalue weighted by Gasteiger charge is 2.20. The van der Waals surface area contributed by atoms with Gasteiger partial charge in [0.25, 0.3) is 5.92 Å². The van der Waals surface area contributed by atoms with Crippen molar-refractivity contribution in [1.29, 1.82) is 5.26 Å². The molecule has 0 aliphatic rings. The molecule has 5 heteroatoms. The molecular weight excluding hydrogens is 188 g/mol. The van der Waals surface area contributed by atoms with Crippen molar-refractivity contribution in [2.45, 2.75) is 12.8 Å². The molecule has 1 aromatic rings. The highest BCUT2D eigenvalue weighted by molar-refractivity contribution is 5.55. The standard InChI is InChI=1S/C9H9F2N3/c1-9(10,11)6-14-8-2-3-13-5-7(8)4-12/h2-3,5H,6H2,1H3,(H,13,14). The summed E-state index contributed by atoms with van der Waals surface area (Å²) in [6.07, 6.45) is 2.77. The molecule has 0 bridgehead atoms. The summed E-state index contributed by atoms with van der Waals surface area (Å²) in [6.45, 7) is 0.318. The van der Waals surface area contributed by atoms with Gasteiger partial charge in [0, 0.05) is 19.3 Å². The van der Waals surface area contributed by atoms with Crippen molar-refractivity contribution in [1.82, 2.24) is 4.98 Å². The van der Waals surface area contributed by atoms with Crippen LogP contribution in [0.1, 0.15) is 12.5 Å². The third-order valence-corrected chi connectivity index (χ3v) is 1.53. The van der Waals surface area contributed by atoms with Crippen LogP contribution < -0.4 is 5.32 Å². The third-order valence-electron chi connectivity index (χ3n) is 1.53. The molecule has 0 aliphatic carbocycles. The number of hydrogen-bond acceptors (Lipinski definition) is 3. The topological polar surface area (TPSA) is 48.7 Å². The summed E-state index contributed by atoms with van der Waals surface area (Å²) in [6, 6.07) is 3.35. The molecule has 0 atom stereocenters. The van der Waals surface area contributed by atoms with Crippen LogP contribution in [-0.4, -0.2) is 17.5 Å². The van der Waals surface area contributed by atoms with Crippen molar-refractivity contribution in [3.8, 4) is 6.07 Å². The number of hydrogen-bond donors (Lipinski definition) is 1. The van der Waals surface area contributed by atoms with E-state index in [9.17, 15) is 8.78 Å². The summed E-state index contributed by atoms with van der Waals surface area (Å²) in [5.74, 6) is -2.80. The highest BCUT2D eigenvalue weighted by Crippen LogP contribution is 2.16. The molecule has 0 aliphatic heterocycles. The minimum atomic E-state index is -2.80. The fourth-order valence-electron chi connectivity index (χ4n) is 0.888. The molecule has 0 unspecified atom stereocenters. The monoisotopic (exact) mass is 197 g/mol. The lowest BCUT2D eigenvalue weighted by Crippen LogP contribution is -2.23. The van der Waals surface area contributed by atoms with Gasteiger partial charge in [-0.25, -0.2) is 8.78 Å². The summed E-state index contributed by atoms with van der Waals surface area (Å²) in [4.78, 5) is 3.71. The average Bonchev–Trinajstić information content (AvgIpc) is 2.14. The second kappa shape index (κ2) is 4.01. The van der Waals surface area contributed by atoms with E-state index >= 15 is 0 Å². The molecule has 1 aromatic heterocycles. The largest absolute Gasteiger partial charge is 0.378 e. The Labute approximate surface area is 80.4 Å². The molecule has 1 N–H and O–H groups in total. The van der Waals surface area contributed by atoms with E-state index in [0.29, 0.717) is 5.69 Å². The van der Waals surface area contributed by atoms with Gasteiger partial charge in [-0.15, -0.1) is 0 Å². The van der Waals surface area contributed by atoms with Gasteiger partial charge in [-0.1, -0.05) is 0 Å². The van der Waals surface area contributed by atoms with Crippen LogP contribution in [0.4, 0.5) is 14.5 Å². The maximum atomic E-state index is 12.5. The zero-order chi connectivity index (χ0) is 10.6. The van der Waals surface area contributed by atoms with E-state index in [-0.39, 0.29) is 5.56 Å². The van der Waals surface area contributed by atoms with E-state index in [1.807, 2.05) is 6.07 Å². The Balaban J connectivity index is 2.73. The van der Waals surface area contributed by atoms with E-state index in [1.54, 1.807) is 0 Å². The summed E-state index contributed by atoms with van der Waals surface area (Å²) in [5, 5.41) is 11.1. The van der Waals surface area contributed by atoms with Crippen LogP contribution in [0.3, 0.4) is 0 Å². The second-order valence-electron chi connectivity index (χ2n) is 2.96. The maximum absolute atomic E-state index is 12.5. The molecule has 0 amide bonds. The first-order valence-electron chi connectivity index (χ1n) is 3.99. The number of nitrogens with zero attached hydrogens (tertiary/aromatic N) is 2. The first kappa shape index (κ1) is 10.4. The highest BCUT2D eigenvalue weighted by atomic mass is 19.3. The van der Waals surface area contributed by atoms with Crippen LogP contribution in [0.25, 0.3) is 0 Å². The quantitative estimate of drug-likeness (QED) is 0.806. The number of pyridine rings is 1. The Morgan fingerprint density at radius 2 is 2.36 bits per heavy atom. The minimum Gasteiger partial charge on any atom is -0.378 e. The zero-order valence-electron chi connectivity index (χ0n) is 7.59. The predicted molar refractivity (Wildman–Crippen MR) is 48.1 cm³/mol. The molecule has 0 spiro atoms. The first-order chi connectivity index (χ1) is 6.53. The van der Waals surface area contributed by atoms with Gasteiger partial charge in [0.1, 0.15) is 6.07 Å². The molecule has 1 heterocycles. The zero-order valence-corrected chi connectivity index (χ0v) is 7.59. The van der Waals surface area contributed by atoms with Crippen molar-refractivity contribution in [3.63, 3.8) is 0 Å². The van der Waals surface area contributed by atoms with E-state index in [1.165, 1.54) is 18.5 Å². The van der Waals surface area contributed by atoms with Crippen molar-refractivity contribution in [2.24, 2.45) is 0 Å². The minimum absolute atomic E-state index is 0.261. The number of nitrogens with one attached hydrogen (secondary N) is 1. The summed E-state index contributed by atoms with van der Waals surface area (Å²) in [5.41, 5.74) is 0.640. The maximum Gasteiger partial charge on any atom is 0.262 e. The SMILES string of the molecule is CC(F)(F)CNc1ccncc1C#N. The fraction of sp³-hybridized carbons (Fsp3) is 0.333. The van der Waals surface area contributed by atoms with Gasteiger partial charge >= 0.3 is 0 Å². The van der Waals surface area contributed by atoms with E-state index < -0.39 is 12.5 Å². The fourth-order valence-corrected chi connectivity index (χ4v) is 0.888. The lowest BCUT2D eigenvalue weighted by Gasteiger charge is -2.12. The van der Waals surface area contributed by atoms with Crippen LogP contribution in [0.5, 0.6) is 0 Å². The van der Waals surface area contributed by atoms with Crippen LogP contribution >= 0.6 is 0 Å². The molecule has 14 heavy (non-hydrogen) atoms. The van der Waals surface area contributed by atoms with Crippen LogP contribution in [-0.2, 0) is 0 Å². The van der Waals surface area contributed by atoms with Crippen LogP contribution in [0.15, 0.2) is 18.5 Å². The lowest BCUT2D eigenvalue weighted by atomic mass is 10.2. The summed E-state index contributed by atoms with van der Waals surface area (Å²) >= 11 is 0. The molecule has 74 valence electrons. The van der Waals surface area contributed by atoms with Crippen molar-refractivity contribution in [3.05, 3.63) is 24.0 Å². The van der Waals surface area contributed by atoms with Gasteiger partial charge in [0.15, 0.2) is 0 Å². The number of aromatic nitrogens is 1. The average molecular weight is 197 g/mol. The number of nitriles is 1. The Morgan fingerprint density at radius 3 is 2.93 bits per heavy atom. The van der Waals surface area contributed by atoms with Gasteiger partial charge < -0.3 is 5.32 Å². The van der Waals surface area contributed by atoms with Crippen LogP contribution in [0.2, 0.25) is 0 Å². The molecule has 3 nitrogen and oxygen atoms in total. The van der Waals surface area contributed by atoms with Crippen molar-refractivity contribution in [2.75, 3.05) is 11.9 Å². The molecule has 0 saturated heterocycles. The number of anilines is 1. The smallest absolute Gasteiger partial charge is 0.262 e. The van der Waals surface area contributed by atoms with Gasteiger partial charge in [0.2, 0.25) is 0 Å².